The van der Waals surface area contributed by atoms with Gasteiger partial charge in [0.25, 0.3) is 0 Å². The minimum Gasteiger partial charge on any atom is -0.497 e. The maximum absolute atomic E-state index is 12.4. The minimum atomic E-state index is -0.0119. The molecule has 4 heteroatoms. The van der Waals surface area contributed by atoms with Crippen LogP contribution in [-0.2, 0) is 16.0 Å². The molecule has 1 amide bonds. The van der Waals surface area contributed by atoms with E-state index >= 15 is 0 Å². The summed E-state index contributed by atoms with van der Waals surface area (Å²) in [6.07, 6.45) is 3.65. The molecule has 0 bridgehead atoms. The molecule has 0 N–H and O–H groups in total. The monoisotopic (exact) mass is 333 g/mol. The van der Waals surface area contributed by atoms with Crippen LogP contribution in [0, 0.1) is 5.92 Å². The first-order valence-corrected chi connectivity index (χ1v) is 8.66. The number of hydrogen-bond acceptors (Lipinski definition) is 3. The Kier molecular flexibility index (Phi) is 9.16. The van der Waals surface area contributed by atoms with Gasteiger partial charge in [0, 0.05) is 31.9 Å². The van der Waals surface area contributed by atoms with Gasteiger partial charge in [-0.3, -0.25) is 4.79 Å². The summed E-state index contributed by atoms with van der Waals surface area (Å²) in [5.41, 5.74) is 2.36. The zero-order valence-electron chi connectivity index (χ0n) is 15.7. The van der Waals surface area contributed by atoms with Gasteiger partial charge >= 0.3 is 0 Å². The quantitative estimate of drug-likeness (QED) is 0.606. The van der Waals surface area contributed by atoms with Crippen LogP contribution in [0.5, 0.6) is 5.75 Å². The average molecular weight is 333 g/mol. The second kappa shape index (κ2) is 10.9. The van der Waals surface area contributed by atoms with Crippen molar-refractivity contribution in [3.63, 3.8) is 0 Å². The molecule has 0 heterocycles. The predicted octanol–water partition coefficient (Wildman–Crippen LogP) is 4.05. The molecular formula is C20H31NO3. The van der Waals surface area contributed by atoms with Crippen molar-refractivity contribution in [2.24, 2.45) is 5.92 Å². The lowest BCUT2D eigenvalue weighted by Crippen LogP contribution is -2.31. The summed E-state index contributed by atoms with van der Waals surface area (Å²) < 4.78 is 10.6. The van der Waals surface area contributed by atoms with Gasteiger partial charge in [-0.05, 0) is 44.4 Å². The van der Waals surface area contributed by atoms with Crippen LogP contribution in [0.25, 0.3) is 0 Å². The van der Waals surface area contributed by atoms with E-state index in [1.54, 1.807) is 7.11 Å². The smallest absolute Gasteiger partial charge is 0.229 e. The summed E-state index contributed by atoms with van der Waals surface area (Å²) in [7, 11) is 1.66. The molecule has 1 aromatic rings. The van der Waals surface area contributed by atoms with Gasteiger partial charge in [0.15, 0.2) is 0 Å². The second-order valence-corrected chi connectivity index (χ2v) is 6.24. The number of benzene rings is 1. The summed E-state index contributed by atoms with van der Waals surface area (Å²) in [5, 5.41) is 0. The number of carbonyl (C=O) groups is 1. The summed E-state index contributed by atoms with van der Waals surface area (Å²) >= 11 is 0. The lowest BCUT2D eigenvalue weighted by molar-refractivity contribution is -0.132. The Labute approximate surface area is 146 Å². The Morgan fingerprint density at radius 3 is 2.46 bits per heavy atom. The van der Waals surface area contributed by atoms with Crippen molar-refractivity contribution >= 4 is 5.91 Å². The Bertz CT molecular complexity index is 520. The molecule has 4 nitrogen and oxygen atoms in total. The van der Waals surface area contributed by atoms with E-state index in [9.17, 15) is 4.79 Å². The number of allylic oxidation sites excluding steroid dienone is 1. The Morgan fingerprint density at radius 2 is 1.92 bits per heavy atom. The van der Waals surface area contributed by atoms with Gasteiger partial charge in [-0.15, -0.1) is 0 Å². The SMILES string of the molecule is CCOCCCN(C=C(C)Cc1ccc(OC)cc1)C(=O)C(C)C. The Balaban J connectivity index is 2.72. The summed E-state index contributed by atoms with van der Waals surface area (Å²) in [6.45, 7) is 10.0. The highest BCUT2D eigenvalue weighted by Crippen LogP contribution is 2.15. The third kappa shape index (κ3) is 7.18. The lowest BCUT2D eigenvalue weighted by Gasteiger charge is -2.22. The molecule has 0 aromatic heterocycles. The van der Waals surface area contributed by atoms with E-state index in [1.165, 1.54) is 5.56 Å². The first-order valence-electron chi connectivity index (χ1n) is 8.66. The van der Waals surface area contributed by atoms with Crippen LogP contribution in [0.15, 0.2) is 36.0 Å². The largest absolute Gasteiger partial charge is 0.497 e. The fourth-order valence-corrected chi connectivity index (χ4v) is 2.43. The highest BCUT2D eigenvalue weighted by atomic mass is 16.5. The number of nitrogens with zero attached hydrogens (tertiary/aromatic N) is 1. The van der Waals surface area contributed by atoms with E-state index in [1.807, 2.05) is 44.0 Å². The molecule has 24 heavy (non-hydrogen) atoms. The van der Waals surface area contributed by atoms with E-state index in [4.69, 9.17) is 9.47 Å². The molecule has 0 aliphatic heterocycles. The van der Waals surface area contributed by atoms with Crippen LogP contribution in [0.1, 0.15) is 39.7 Å². The summed E-state index contributed by atoms with van der Waals surface area (Å²) in [5.74, 6) is 0.996. The molecular weight excluding hydrogens is 302 g/mol. The van der Waals surface area contributed by atoms with Crippen molar-refractivity contribution in [2.75, 3.05) is 26.9 Å². The number of hydrogen-bond donors (Lipinski definition) is 0. The van der Waals surface area contributed by atoms with Gasteiger partial charge in [0.2, 0.25) is 5.91 Å². The molecule has 0 spiro atoms. The van der Waals surface area contributed by atoms with Crippen LogP contribution >= 0.6 is 0 Å². The molecule has 0 unspecified atom stereocenters. The number of amides is 1. The molecule has 0 radical (unpaired) electrons. The number of ether oxygens (including phenoxy) is 2. The van der Waals surface area contributed by atoms with Crippen LogP contribution in [0.4, 0.5) is 0 Å². The average Bonchev–Trinajstić information content (AvgIpc) is 2.57. The number of methoxy groups -OCH3 is 1. The fourth-order valence-electron chi connectivity index (χ4n) is 2.43. The minimum absolute atomic E-state index is 0.0119. The van der Waals surface area contributed by atoms with Crippen molar-refractivity contribution in [3.8, 4) is 5.75 Å². The highest BCUT2D eigenvalue weighted by Gasteiger charge is 2.15. The van der Waals surface area contributed by atoms with Gasteiger partial charge in [-0.1, -0.05) is 31.6 Å². The van der Waals surface area contributed by atoms with Crippen molar-refractivity contribution in [1.82, 2.24) is 4.90 Å². The van der Waals surface area contributed by atoms with Gasteiger partial charge < -0.3 is 14.4 Å². The molecule has 0 saturated carbocycles. The number of rotatable bonds is 10. The standard InChI is InChI=1S/C20H31NO3/c1-6-24-13-7-12-21(20(22)16(2)3)15-17(4)14-18-8-10-19(23-5)11-9-18/h8-11,15-16H,6-7,12-14H2,1-5H3. The Hall–Kier alpha value is -1.81. The maximum atomic E-state index is 12.4. The first-order chi connectivity index (χ1) is 11.5. The molecule has 0 aliphatic carbocycles. The van der Waals surface area contributed by atoms with Gasteiger partial charge in [0.1, 0.15) is 5.75 Å². The lowest BCUT2D eigenvalue weighted by atomic mass is 10.1. The summed E-state index contributed by atoms with van der Waals surface area (Å²) in [4.78, 5) is 14.2. The molecule has 0 atom stereocenters. The normalized spacial score (nSPS) is 11.7. The van der Waals surface area contributed by atoms with Gasteiger partial charge in [-0.25, -0.2) is 0 Å². The van der Waals surface area contributed by atoms with Crippen LogP contribution < -0.4 is 4.74 Å². The highest BCUT2D eigenvalue weighted by molar-refractivity contribution is 5.79. The van der Waals surface area contributed by atoms with E-state index in [2.05, 4.69) is 19.1 Å². The van der Waals surface area contributed by atoms with Gasteiger partial charge in [0.05, 0.1) is 7.11 Å². The van der Waals surface area contributed by atoms with Gasteiger partial charge in [-0.2, -0.15) is 0 Å². The van der Waals surface area contributed by atoms with Crippen LogP contribution in [0.3, 0.4) is 0 Å². The van der Waals surface area contributed by atoms with E-state index in [0.717, 1.165) is 24.2 Å². The topological polar surface area (TPSA) is 38.8 Å². The number of carbonyl (C=O) groups excluding carboxylic acids is 1. The van der Waals surface area contributed by atoms with E-state index in [-0.39, 0.29) is 11.8 Å². The first kappa shape index (κ1) is 20.2. The molecule has 0 fully saturated rings. The molecule has 1 rings (SSSR count). The third-order valence-corrected chi connectivity index (χ3v) is 3.69. The summed E-state index contributed by atoms with van der Waals surface area (Å²) in [6, 6.07) is 8.03. The molecule has 0 saturated heterocycles. The van der Waals surface area contributed by atoms with Crippen LogP contribution in [-0.4, -0.2) is 37.7 Å². The molecule has 134 valence electrons. The zero-order valence-corrected chi connectivity index (χ0v) is 15.7. The zero-order chi connectivity index (χ0) is 17.9. The third-order valence-electron chi connectivity index (χ3n) is 3.69. The molecule has 0 aliphatic rings. The van der Waals surface area contributed by atoms with Crippen molar-refractivity contribution < 1.29 is 14.3 Å². The van der Waals surface area contributed by atoms with Crippen molar-refractivity contribution in [1.29, 1.82) is 0 Å². The van der Waals surface area contributed by atoms with Crippen molar-refractivity contribution in [2.45, 2.75) is 40.5 Å². The van der Waals surface area contributed by atoms with Crippen molar-refractivity contribution in [3.05, 3.63) is 41.6 Å². The predicted molar refractivity (Wildman–Crippen MR) is 98.1 cm³/mol. The van der Waals surface area contributed by atoms with Crippen LogP contribution in [0.2, 0.25) is 0 Å². The fraction of sp³-hybridized carbons (Fsp3) is 0.550. The molecule has 1 aromatic carbocycles. The second-order valence-electron chi connectivity index (χ2n) is 6.24. The van der Waals surface area contributed by atoms with E-state index in [0.29, 0.717) is 19.8 Å². The maximum Gasteiger partial charge on any atom is 0.229 e. The Morgan fingerprint density at radius 1 is 1.25 bits per heavy atom. The van der Waals surface area contributed by atoms with E-state index < -0.39 is 0 Å².